The predicted molar refractivity (Wildman–Crippen MR) is 122 cm³/mol. The van der Waals surface area contributed by atoms with Gasteiger partial charge in [-0.3, -0.25) is 9.78 Å². The first-order chi connectivity index (χ1) is 15.1. The van der Waals surface area contributed by atoms with Crippen molar-refractivity contribution >= 4 is 23.2 Å². The van der Waals surface area contributed by atoms with Crippen LogP contribution in [0, 0.1) is 6.92 Å². The van der Waals surface area contributed by atoms with E-state index in [9.17, 15) is 4.79 Å². The number of nitrogens with two attached hydrogens (primary N) is 1. The van der Waals surface area contributed by atoms with Gasteiger partial charge in [0.2, 0.25) is 5.95 Å². The second-order valence-corrected chi connectivity index (χ2v) is 7.02. The van der Waals surface area contributed by atoms with E-state index in [-0.39, 0.29) is 5.91 Å². The molecular weight excluding hydrogens is 388 g/mol. The number of aryl methyl sites for hydroxylation is 1. The van der Waals surface area contributed by atoms with E-state index in [1.54, 1.807) is 30.7 Å². The van der Waals surface area contributed by atoms with Gasteiger partial charge in [-0.2, -0.15) is 0 Å². The highest BCUT2D eigenvalue weighted by Gasteiger charge is 2.09. The van der Waals surface area contributed by atoms with Crippen LogP contribution in [0.15, 0.2) is 79.3 Å². The van der Waals surface area contributed by atoms with Crippen molar-refractivity contribution in [2.75, 3.05) is 10.6 Å². The summed E-state index contributed by atoms with van der Waals surface area (Å²) >= 11 is 0. The van der Waals surface area contributed by atoms with E-state index in [1.165, 1.54) is 0 Å². The van der Waals surface area contributed by atoms with Gasteiger partial charge < -0.3 is 16.4 Å². The van der Waals surface area contributed by atoms with Crippen LogP contribution >= 0.6 is 0 Å². The lowest BCUT2D eigenvalue weighted by Gasteiger charge is -2.12. The van der Waals surface area contributed by atoms with Crippen LogP contribution in [0.3, 0.4) is 0 Å². The third-order valence-corrected chi connectivity index (χ3v) is 4.81. The lowest BCUT2D eigenvalue weighted by molar-refractivity contribution is 0.102. The van der Waals surface area contributed by atoms with Gasteiger partial charge in [-0.1, -0.05) is 18.2 Å². The van der Waals surface area contributed by atoms with E-state index >= 15 is 0 Å². The maximum Gasteiger partial charge on any atom is 0.255 e. The van der Waals surface area contributed by atoms with Crippen LogP contribution in [0.2, 0.25) is 0 Å². The Balaban J connectivity index is 1.52. The topological polar surface area (TPSA) is 106 Å². The lowest BCUT2D eigenvalue weighted by atomic mass is 10.1. The van der Waals surface area contributed by atoms with Gasteiger partial charge in [0.05, 0.1) is 5.69 Å². The predicted octanol–water partition coefficient (Wildman–Crippen LogP) is 4.30. The van der Waals surface area contributed by atoms with Gasteiger partial charge in [0.25, 0.3) is 5.91 Å². The van der Waals surface area contributed by atoms with Crippen molar-refractivity contribution in [3.63, 3.8) is 0 Å². The number of benzene rings is 2. The quantitative estimate of drug-likeness (QED) is 0.438. The minimum Gasteiger partial charge on any atom is -0.326 e. The van der Waals surface area contributed by atoms with E-state index < -0.39 is 0 Å². The van der Waals surface area contributed by atoms with Crippen molar-refractivity contribution in [2.45, 2.75) is 13.5 Å². The first-order valence-corrected chi connectivity index (χ1v) is 9.84. The maximum absolute atomic E-state index is 12.6. The molecule has 0 aliphatic carbocycles. The summed E-state index contributed by atoms with van der Waals surface area (Å²) in [5.74, 6) is 0.276. The molecule has 4 rings (SSSR count). The highest BCUT2D eigenvalue weighted by molar-refractivity contribution is 6.04. The molecule has 7 heteroatoms. The minimum absolute atomic E-state index is 0.187. The standard InChI is InChI=1S/C24H22N6O/c1-16-4-9-20(28-23(31)18-7-5-17(14-25)6-8-18)13-22(16)30-24-27-12-10-21(29-24)19-3-2-11-26-15-19/h2-13,15H,14,25H2,1H3,(H,28,31)(H,27,29,30). The smallest absolute Gasteiger partial charge is 0.255 e. The molecule has 0 spiro atoms. The molecular formula is C24H22N6O. The average Bonchev–Trinajstić information content (AvgIpc) is 2.82. The summed E-state index contributed by atoms with van der Waals surface area (Å²) in [4.78, 5) is 25.6. The molecule has 4 N–H and O–H groups in total. The Kier molecular flexibility index (Phi) is 5.96. The number of hydrogen-bond donors (Lipinski definition) is 3. The number of carbonyl (C=O) groups is 1. The fourth-order valence-electron chi connectivity index (χ4n) is 3.04. The van der Waals surface area contributed by atoms with Gasteiger partial charge in [0.15, 0.2) is 0 Å². The number of hydrogen-bond acceptors (Lipinski definition) is 6. The summed E-state index contributed by atoms with van der Waals surface area (Å²) in [5, 5.41) is 6.17. The number of pyridine rings is 1. The summed E-state index contributed by atoms with van der Waals surface area (Å²) in [6, 6.07) is 18.5. The molecule has 0 aliphatic heterocycles. The summed E-state index contributed by atoms with van der Waals surface area (Å²) in [6.07, 6.45) is 5.18. The van der Waals surface area contributed by atoms with Gasteiger partial charge in [-0.25, -0.2) is 9.97 Å². The molecule has 2 aromatic carbocycles. The Morgan fingerprint density at radius 1 is 1.03 bits per heavy atom. The van der Waals surface area contributed by atoms with Crippen molar-refractivity contribution in [1.82, 2.24) is 15.0 Å². The Bertz CT molecular complexity index is 1190. The highest BCUT2D eigenvalue weighted by Crippen LogP contribution is 2.24. The van der Waals surface area contributed by atoms with Crippen molar-refractivity contribution in [1.29, 1.82) is 0 Å². The SMILES string of the molecule is Cc1ccc(NC(=O)c2ccc(CN)cc2)cc1Nc1nccc(-c2cccnc2)n1. The van der Waals surface area contributed by atoms with Gasteiger partial charge in [-0.05, 0) is 60.5 Å². The first kappa shape index (κ1) is 20.2. The molecule has 154 valence electrons. The van der Waals surface area contributed by atoms with E-state index in [0.717, 1.165) is 28.1 Å². The molecule has 0 radical (unpaired) electrons. The summed E-state index contributed by atoms with van der Waals surface area (Å²) in [5.41, 5.74) is 11.3. The Hall–Kier alpha value is -4.10. The van der Waals surface area contributed by atoms with E-state index in [2.05, 4.69) is 25.6 Å². The number of anilines is 3. The fraction of sp³-hybridized carbons (Fsp3) is 0.0833. The molecule has 2 aromatic heterocycles. The molecule has 0 fully saturated rings. The van der Waals surface area contributed by atoms with E-state index in [0.29, 0.717) is 23.7 Å². The molecule has 0 bridgehead atoms. The average molecular weight is 410 g/mol. The molecule has 1 amide bonds. The van der Waals surface area contributed by atoms with Crippen LogP contribution in [0.1, 0.15) is 21.5 Å². The van der Waals surface area contributed by atoms with Crippen LogP contribution in [-0.4, -0.2) is 20.9 Å². The normalized spacial score (nSPS) is 10.5. The Morgan fingerprint density at radius 3 is 2.61 bits per heavy atom. The molecule has 4 aromatic rings. The molecule has 0 saturated heterocycles. The van der Waals surface area contributed by atoms with Gasteiger partial charge in [-0.15, -0.1) is 0 Å². The third-order valence-electron chi connectivity index (χ3n) is 4.81. The zero-order valence-corrected chi connectivity index (χ0v) is 17.0. The van der Waals surface area contributed by atoms with E-state index in [4.69, 9.17) is 5.73 Å². The van der Waals surface area contributed by atoms with Gasteiger partial charge in [0, 0.05) is 47.6 Å². The summed E-state index contributed by atoms with van der Waals surface area (Å²) in [7, 11) is 0. The van der Waals surface area contributed by atoms with Crippen LogP contribution < -0.4 is 16.4 Å². The maximum atomic E-state index is 12.6. The summed E-state index contributed by atoms with van der Waals surface area (Å²) < 4.78 is 0. The van der Waals surface area contributed by atoms with Crippen molar-refractivity contribution < 1.29 is 4.79 Å². The minimum atomic E-state index is -0.187. The molecule has 0 unspecified atom stereocenters. The zero-order valence-electron chi connectivity index (χ0n) is 17.0. The summed E-state index contributed by atoms with van der Waals surface area (Å²) in [6.45, 7) is 2.42. The van der Waals surface area contributed by atoms with Crippen LogP contribution in [0.25, 0.3) is 11.3 Å². The van der Waals surface area contributed by atoms with Crippen LogP contribution in [0.5, 0.6) is 0 Å². The largest absolute Gasteiger partial charge is 0.326 e. The molecule has 2 heterocycles. The van der Waals surface area contributed by atoms with Gasteiger partial charge >= 0.3 is 0 Å². The second kappa shape index (κ2) is 9.15. The fourth-order valence-corrected chi connectivity index (χ4v) is 3.04. The number of nitrogens with one attached hydrogen (secondary N) is 2. The molecule has 0 atom stereocenters. The molecule has 0 saturated carbocycles. The molecule has 7 nitrogen and oxygen atoms in total. The van der Waals surface area contributed by atoms with Crippen molar-refractivity contribution in [2.24, 2.45) is 5.73 Å². The number of nitrogens with zero attached hydrogens (tertiary/aromatic N) is 3. The molecule has 31 heavy (non-hydrogen) atoms. The lowest BCUT2D eigenvalue weighted by Crippen LogP contribution is -2.12. The van der Waals surface area contributed by atoms with Crippen molar-refractivity contribution in [3.8, 4) is 11.3 Å². The number of carbonyl (C=O) groups excluding carboxylic acids is 1. The Morgan fingerprint density at radius 2 is 1.87 bits per heavy atom. The Labute approximate surface area is 180 Å². The van der Waals surface area contributed by atoms with E-state index in [1.807, 2.05) is 55.5 Å². The monoisotopic (exact) mass is 410 g/mol. The molecule has 0 aliphatic rings. The highest BCUT2D eigenvalue weighted by atomic mass is 16.1. The second-order valence-electron chi connectivity index (χ2n) is 7.02. The number of amides is 1. The van der Waals surface area contributed by atoms with Crippen molar-refractivity contribution in [3.05, 3.63) is 95.9 Å². The van der Waals surface area contributed by atoms with Crippen LogP contribution in [0.4, 0.5) is 17.3 Å². The first-order valence-electron chi connectivity index (χ1n) is 9.84. The number of rotatable bonds is 6. The van der Waals surface area contributed by atoms with Gasteiger partial charge in [0.1, 0.15) is 0 Å². The third kappa shape index (κ3) is 4.91. The number of aromatic nitrogens is 3. The van der Waals surface area contributed by atoms with Crippen LogP contribution in [-0.2, 0) is 6.54 Å². The zero-order chi connectivity index (χ0) is 21.6.